The summed E-state index contributed by atoms with van der Waals surface area (Å²) in [7, 11) is 3.52. The van der Waals surface area contributed by atoms with E-state index in [4.69, 9.17) is 9.47 Å². The van der Waals surface area contributed by atoms with Crippen LogP contribution in [0.4, 0.5) is 0 Å². The number of nitrogens with zero attached hydrogens (tertiary/aromatic N) is 1. The van der Waals surface area contributed by atoms with Crippen molar-refractivity contribution >= 4 is 0 Å². The number of phenols is 1. The van der Waals surface area contributed by atoms with Gasteiger partial charge in [0.1, 0.15) is 11.5 Å². The number of nitrogens with one attached hydrogen (secondary N) is 1. The molecule has 106 valence electrons. The molecule has 0 amide bonds. The van der Waals surface area contributed by atoms with E-state index in [0.29, 0.717) is 5.75 Å². The van der Waals surface area contributed by atoms with Gasteiger partial charge in [0.05, 0.1) is 19.8 Å². The molecule has 1 saturated heterocycles. The fourth-order valence-electron chi connectivity index (χ4n) is 2.32. The van der Waals surface area contributed by atoms with Crippen LogP contribution in [0.3, 0.4) is 0 Å². The van der Waals surface area contributed by atoms with Crippen LogP contribution in [0.1, 0.15) is 5.56 Å². The van der Waals surface area contributed by atoms with Gasteiger partial charge in [-0.25, -0.2) is 0 Å². The summed E-state index contributed by atoms with van der Waals surface area (Å²) in [6, 6.07) is 5.44. The summed E-state index contributed by atoms with van der Waals surface area (Å²) in [6.07, 6.45) is 0.221. The largest absolute Gasteiger partial charge is 0.507 e. The van der Waals surface area contributed by atoms with Gasteiger partial charge < -0.3 is 19.9 Å². The van der Waals surface area contributed by atoms with Crippen molar-refractivity contribution in [3.63, 3.8) is 0 Å². The van der Waals surface area contributed by atoms with E-state index >= 15 is 0 Å². The third-order valence-corrected chi connectivity index (χ3v) is 3.34. The van der Waals surface area contributed by atoms with Crippen LogP contribution in [0, 0.1) is 0 Å². The highest BCUT2D eigenvalue weighted by molar-refractivity contribution is 5.39. The van der Waals surface area contributed by atoms with Crippen LogP contribution in [0.2, 0.25) is 0 Å². The molecule has 1 heterocycles. The summed E-state index contributed by atoms with van der Waals surface area (Å²) in [5, 5.41) is 13.1. The number of hydrogen-bond donors (Lipinski definition) is 2. The predicted molar refractivity (Wildman–Crippen MR) is 73.6 cm³/mol. The number of benzene rings is 1. The van der Waals surface area contributed by atoms with E-state index in [2.05, 4.69) is 10.2 Å². The minimum absolute atomic E-state index is 0.221. The van der Waals surface area contributed by atoms with Crippen LogP contribution in [-0.4, -0.2) is 56.5 Å². The third kappa shape index (κ3) is 3.83. The molecule has 0 radical (unpaired) electrons. The Morgan fingerprint density at radius 3 is 3.05 bits per heavy atom. The normalized spacial score (nSPS) is 20.4. The Kier molecular flexibility index (Phi) is 5.01. The Balaban J connectivity index is 1.96. The Bertz CT molecular complexity index is 410. The molecule has 1 atom stereocenters. The molecule has 1 aromatic rings. The number of aromatic hydroxyl groups is 1. The lowest BCUT2D eigenvalue weighted by molar-refractivity contribution is -0.0293. The molecule has 1 aliphatic heterocycles. The molecule has 2 rings (SSSR count). The van der Waals surface area contributed by atoms with Crippen LogP contribution < -0.4 is 10.1 Å². The second-order valence-electron chi connectivity index (χ2n) is 4.78. The topological polar surface area (TPSA) is 54.0 Å². The van der Waals surface area contributed by atoms with Crippen LogP contribution in [0.15, 0.2) is 18.2 Å². The van der Waals surface area contributed by atoms with Crippen LogP contribution in [0.25, 0.3) is 0 Å². The zero-order chi connectivity index (χ0) is 13.7. The molecule has 5 heteroatoms. The second kappa shape index (κ2) is 6.75. The Morgan fingerprint density at radius 2 is 2.37 bits per heavy atom. The maximum atomic E-state index is 9.97. The maximum absolute atomic E-state index is 9.97. The number of hydrogen-bond acceptors (Lipinski definition) is 5. The molecular formula is C14H22N2O3. The lowest BCUT2D eigenvalue weighted by Gasteiger charge is -2.33. The van der Waals surface area contributed by atoms with Gasteiger partial charge in [0, 0.05) is 37.8 Å². The molecule has 1 aromatic carbocycles. The summed E-state index contributed by atoms with van der Waals surface area (Å²) >= 11 is 0. The summed E-state index contributed by atoms with van der Waals surface area (Å²) in [4.78, 5) is 2.30. The molecule has 0 saturated carbocycles. The Hall–Kier alpha value is -1.30. The fraction of sp³-hybridized carbons (Fsp3) is 0.571. The molecule has 0 aromatic heterocycles. The SMILES string of the molecule is CNCC1CN(Cc2ccc(OC)cc2O)CCO1. The average Bonchev–Trinajstić information content (AvgIpc) is 2.42. The highest BCUT2D eigenvalue weighted by Gasteiger charge is 2.20. The molecule has 0 bridgehead atoms. The molecule has 0 aliphatic carbocycles. The summed E-state index contributed by atoms with van der Waals surface area (Å²) in [5.74, 6) is 0.965. The quantitative estimate of drug-likeness (QED) is 0.826. The van der Waals surface area contributed by atoms with Crippen LogP contribution in [-0.2, 0) is 11.3 Å². The van der Waals surface area contributed by atoms with Crippen molar-refractivity contribution < 1.29 is 14.6 Å². The molecule has 1 unspecified atom stereocenters. The van der Waals surface area contributed by atoms with Crippen molar-refractivity contribution in [2.45, 2.75) is 12.6 Å². The van der Waals surface area contributed by atoms with Gasteiger partial charge in [0.25, 0.3) is 0 Å². The van der Waals surface area contributed by atoms with E-state index in [1.807, 2.05) is 19.2 Å². The zero-order valence-corrected chi connectivity index (χ0v) is 11.6. The van der Waals surface area contributed by atoms with Gasteiger partial charge in [-0.3, -0.25) is 4.90 Å². The van der Waals surface area contributed by atoms with Crippen molar-refractivity contribution in [1.29, 1.82) is 0 Å². The van der Waals surface area contributed by atoms with Gasteiger partial charge in [-0.15, -0.1) is 0 Å². The molecule has 1 aliphatic rings. The van der Waals surface area contributed by atoms with E-state index in [9.17, 15) is 5.11 Å². The van der Waals surface area contributed by atoms with Gasteiger partial charge in [-0.1, -0.05) is 6.07 Å². The number of likely N-dealkylation sites (N-methyl/N-ethyl adjacent to an activating group) is 1. The summed E-state index contributed by atoms with van der Waals surface area (Å²) < 4.78 is 10.8. The first kappa shape index (κ1) is 14.1. The number of ether oxygens (including phenoxy) is 2. The molecule has 19 heavy (non-hydrogen) atoms. The van der Waals surface area contributed by atoms with Crippen molar-refractivity contribution in [3.05, 3.63) is 23.8 Å². The van der Waals surface area contributed by atoms with Gasteiger partial charge >= 0.3 is 0 Å². The molecular weight excluding hydrogens is 244 g/mol. The van der Waals surface area contributed by atoms with Crippen molar-refractivity contribution in [2.75, 3.05) is 40.4 Å². The van der Waals surface area contributed by atoms with Crippen molar-refractivity contribution in [1.82, 2.24) is 10.2 Å². The second-order valence-corrected chi connectivity index (χ2v) is 4.78. The minimum atomic E-state index is 0.221. The molecule has 1 fully saturated rings. The van der Waals surface area contributed by atoms with E-state index in [-0.39, 0.29) is 11.9 Å². The first-order valence-electron chi connectivity index (χ1n) is 6.57. The zero-order valence-electron chi connectivity index (χ0n) is 11.6. The lowest BCUT2D eigenvalue weighted by atomic mass is 10.1. The highest BCUT2D eigenvalue weighted by atomic mass is 16.5. The average molecular weight is 266 g/mol. The van der Waals surface area contributed by atoms with E-state index in [1.165, 1.54) is 0 Å². The van der Waals surface area contributed by atoms with E-state index < -0.39 is 0 Å². The van der Waals surface area contributed by atoms with E-state index in [1.54, 1.807) is 13.2 Å². The van der Waals surface area contributed by atoms with Crippen LogP contribution >= 0.6 is 0 Å². The Labute approximate surface area is 114 Å². The number of phenolic OH excluding ortho intramolecular Hbond substituents is 1. The fourth-order valence-corrected chi connectivity index (χ4v) is 2.32. The van der Waals surface area contributed by atoms with Gasteiger partial charge in [-0.2, -0.15) is 0 Å². The molecule has 0 spiro atoms. The Morgan fingerprint density at radius 1 is 1.53 bits per heavy atom. The van der Waals surface area contributed by atoms with Crippen LogP contribution in [0.5, 0.6) is 11.5 Å². The minimum Gasteiger partial charge on any atom is -0.507 e. The smallest absolute Gasteiger partial charge is 0.123 e. The van der Waals surface area contributed by atoms with Gasteiger partial charge in [-0.05, 0) is 13.1 Å². The van der Waals surface area contributed by atoms with Crippen molar-refractivity contribution in [3.8, 4) is 11.5 Å². The monoisotopic (exact) mass is 266 g/mol. The van der Waals surface area contributed by atoms with Gasteiger partial charge in [0.15, 0.2) is 0 Å². The standard InChI is InChI=1S/C14H22N2O3/c1-15-8-13-10-16(5-6-19-13)9-11-3-4-12(18-2)7-14(11)17/h3-4,7,13,15,17H,5-6,8-10H2,1-2H3. The first-order chi connectivity index (χ1) is 9.22. The lowest BCUT2D eigenvalue weighted by Crippen LogP contribution is -2.45. The molecule has 5 nitrogen and oxygen atoms in total. The first-order valence-corrected chi connectivity index (χ1v) is 6.57. The van der Waals surface area contributed by atoms with Crippen molar-refractivity contribution in [2.24, 2.45) is 0 Å². The highest BCUT2D eigenvalue weighted by Crippen LogP contribution is 2.25. The van der Waals surface area contributed by atoms with E-state index in [0.717, 1.165) is 38.3 Å². The summed E-state index contributed by atoms with van der Waals surface area (Å²) in [6.45, 7) is 4.10. The molecule has 2 N–H and O–H groups in total. The maximum Gasteiger partial charge on any atom is 0.123 e. The summed E-state index contributed by atoms with van der Waals surface area (Å²) in [5.41, 5.74) is 0.922. The number of rotatable bonds is 5. The van der Waals surface area contributed by atoms with Gasteiger partial charge in [0.2, 0.25) is 0 Å². The number of methoxy groups -OCH3 is 1. The third-order valence-electron chi connectivity index (χ3n) is 3.34. The number of morpholine rings is 1. The predicted octanol–water partition coefficient (Wildman–Crippen LogP) is 0.821.